The molecule has 0 saturated carbocycles. The van der Waals surface area contributed by atoms with Crippen LogP contribution in [0.1, 0.15) is 55.5 Å². The van der Waals surface area contributed by atoms with E-state index in [-0.39, 0.29) is 42.5 Å². The van der Waals surface area contributed by atoms with Crippen molar-refractivity contribution in [1.82, 2.24) is 20.9 Å². The van der Waals surface area contributed by atoms with Crippen LogP contribution in [0, 0.1) is 11.7 Å². The van der Waals surface area contributed by atoms with Crippen LogP contribution in [-0.2, 0) is 40.2 Å². The van der Waals surface area contributed by atoms with Gasteiger partial charge in [-0.25, -0.2) is 9.18 Å². The molecule has 10 nitrogen and oxygen atoms in total. The number of aromatic amines is 1. The number of carbonyl (C=O) groups is 3. The maximum Gasteiger partial charge on any atom is 0.408 e. The number of carbonyl (C=O) groups excluding carboxylic acids is 3. The summed E-state index contributed by atoms with van der Waals surface area (Å²) in [5, 5.41) is 20.0. The van der Waals surface area contributed by atoms with Gasteiger partial charge in [-0.05, 0) is 84.7 Å². The molecule has 0 bridgehead atoms. The minimum atomic E-state index is -1.49. The van der Waals surface area contributed by atoms with Gasteiger partial charge in [0.1, 0.15) is 29.8 Å². The Morgan fingerprint density at radius 2 is 1.84 bits per heavy atom. The van der Waals surface area contributed by atoms with Crippen LogP contribution < -0.4 is 21.7 Å². The van der Waals surface area contributed by atoms with Crippen LogP contribution in [0.4, 0.5) is 9.18 Å². The standard InChI is InChI=1S/C37H40Cl2FN5O5S/c1-3-20(2)31(33(41)51)44-35(48)37(14-13-29-27(18-37)26-16-23(38)17-28(39)32(26)42-29)45-34(47)30(12-9-21-7-10-25(46)11-8-21)43-36(49)50-19-22-5-4-6-24(40)15-22/h4-8,10-11,15-17,20,30-31,42,46H,3,9,12-14,18-19H2,1-2H3,(H2,41,51)(H,43,49)(H,44,48)(H,45,47)/t20?,30-,31-,37+/m0/s1. The third-order valence-electron chi connectivity index (χ3n) is 9.43. The van der Waals surface area contributed by atoms with Gasteiger partial charge in [0.25, 0.3) is 0 Å². The number of hydrogen-bond acceptors (Lipinski definition) is 6. The summed E-state index contributed by atoms with van der Waals surface area (Å²) in [5.74, 6) is -1.58. The highest BCUT2D eigenvalue weighted by Crippen LogP contribution is 2.38. The Balaban J connectivity index is 1.46. The van der Waals surface area contributed by atoms with Crippen LogP contribution in [0.3, 0.4) is 0 Å². The molecule has 7 N–H and O–H groups in total. The third-order valence-corrected chi connectivity index (χ3v) is 10.2. The van der Waals surface area contributed by atoms with Crippen molar-refractivity contribution >= 4 is 69.2 Å². The van der Waals surface area contributed by atoms with E-state index in [1.54, 1.807) is 30.3 Å². The van der Waals surface area contributed by atoms with Crippen molar-refractivity contribution in [1.29, 1.82) is 0 Å². The Kier molecular flexibility index (Phi) is 12.1. The van der Waals surface area contributed by atoms with E-state index >= 15 is 0 Å². The molecule has 4 aromatic rings. The van der Waals surface area contributed by atoms with Crippen molar-refractivity contribution in [3.8, 4) is 5.75 Å². The number of ether oxygens (including phenoxy) is 1. The maximum atomic E-state index is 14.5. The van der Waals surface area contributed by atoms with Crippen LogP contribution in [0.15, 0.2) is 60.7 Å². The van der Waals surface area contributed by atoms with Gasteiger partial charge in [0.15, 0.2) is 0 Å². The number of benzene rings is 3. The molecule has 270 valence electrons. The molecule has 3 aromatic carbocycles. The number of amides is 3. The summed E-state index contributed by atoms with van der Waals surface area (Å²) in [6.07, 6.45) is 0.907. The fourth-order valence-corrected chi connectivity index (χ4v) is 7.19. The van der Waals surface area contributed by atoms with Gasteiger partial charge in [-0.3, -0.25) is 9.59 Å². The average molecular weight is 757 g/mol. The van der Waals surface area contributed by atoms with E-state index < -0.39 is 41.3 Å². The van der Waals surface area contributed by atoms with Crippen LogP contribution in [-0.4, -0.2) is 50.6 Å². The highest BCUT2D eigenvalue weighted by atomic mass is 35.5. The Morgan fingerprint density at radius 1 is 1.10 bits per heavy atom. The van der Waals surface area contributed by atoms with Crippen molar-refractivity contribution in [3.63, 3.8) is 0 Å². The van der Waals surface area contributed by atoms with E-state index in [1.165, 1.54) is 30.3 Å². The summed E-state index contributed by atoms with van der Waals surface area (Å²) < 4.78 is 19.1. The first-order valence-corrected chi connectivity index (χ1v) is 17.8. The first-order chi connectivity index (χ1) is 24.3. The number of aromatic hydroxyl groups is 1. The molecule has 1 heterocycles. The Labute approximate surface area is 310 Å². The van der Waals surface area contributed by atoms with Crippen molar-refractivity contribution < 1.29 is 28.6 Å². The van der Waals surface area contributed by atoms with Gasteiger partial charge in [-0.2, -0.15) is 0 Å². The van der Waals surface area contributed by atoms with Crippen LogP contribution >= 0.6 is 35.4 Å². The summed E-state index contributed by atoms with van der Waals surface area (Å²) >= 11 is 18.3. The van der Waals surface area contributed by atoms with Crippen LogP contribution in [0.25, 0.3) is 10.9 Å². The lowest BCUT2D eigenvalue weighted by atomic mass is 9.78. The molecule has 1 aliphatic rings. The molecule has 51 heavy (non-hydrogen) atoms. The van der Waals surface area contributed by atoms with Gasteiger partial charge >= 0.3 is 6.09 Å². The highest BCUT2D eigenvalue weighted by molar-refractivity contribution is 7.80. The minimum Gasteiger partial charge on any atom is -0.508 e. The maximum absolute atomic E-state index is 14.5. The van der Waals surface area contributed by atoms with Gasteiger partial charge < -0.3 is 36.5 Å². The topological polar surface area (TPSA) is 159 Å². The molecular weight excluding hydrogens is 716 g/mol. The van der Waals surface area contributed by atoms with Gasteiger partial charge in [0, 0.05) is 22.5 Å². The lowest BCUT2D eigenvalue weighted by molar-refractivity contribution is -0.135. The normalized spacial score (nSPS) is 17.1. The summed E-state index contributed by atoms with van der Waals surface area (Å²) in [6, 6.07) is 13.7. The average Bonchev–Trinajstić information content (AvgIpc) is 3.46. The van der Waals surface area contributed by atoms with Gasteiger partial charge in [0.2, 0.25) is 11.8 Å². The fraction of sp³-hybridized carbons (Fsp3) is 0.351. The number of aromatic nitrogens is 1. The minimum absolute atomic E-state index is 0.0792. The van der Waals surface area contributed by atoms with E-state index in [0.29, 0.717) is 40.4 Å². The molecule has 0 spiro atoms. The summed E-state index contributed by atoms with van der Waals surface area (Å²) in [5.41, 5.74) is 8.13. The largest absolute Gasteiger partial charge is 0.508 e. The first kappa shape index (κ1) is 37.9. The molecule has 1 unspecified atom stereocenters. The molecule has 0 aliphatic heterocycles. The molecule has 1 aromatic heterocycles. The number of thiocarbonyl (C=S) groups is 1. The Hall–Kier alpha value is -4.39. The molecule has 0 fully saturated rings. The molecule has 14 heteroatoms. The Bertz CT molecular complexity index is 1940. The number of H-pyrrole nitrogens is 1. The molecule has 0 saturated heterocycles. The number of fused-ring (bicyclic) bond motifs is 3. The number of phenolic OH excluding ortho intramolecular Hbond substituents is 1. The second kappa shape index (κ2) is 16.3. The van der Waals surface area contributed by atoms with E-state index in [4.69, 9.17) is 45.9 Å². The zero-order valence-electron chi connectivity index (χ0n) is 28.2. The number of rotatable bonds is 13. The van der Waals surface area contributed by atoms with E-state index in [0.717, 1.165) is 22.2 Å². The Morgan fingerprint density at radius 3 is 2.53 bits per heavy atom. The van der Waals surface area contributed by atoms with Gasteiger partial charge in [-0.15, -0.1) is 0 Å². The number of phenols is 1. The quantitative estimate of drug-likeness (QED) is 0.0861. The monoisotopic (exact) mass is 755 g/mol. The van der Waals surface area contributed by atoms with Crippen molar-refractivity contribution in [2.24, 2.45) is 11.7 Å². The number of halogens is 3. The molecular formula is C37H40Cl2FN5O5S. The molecule has 5 rings (SSSR count). The lowest BCUT2D eigenvalue weighted by Crippen LogP contribution is -2.66. The molecule has 3 amide bonds. The summed E-state index contributed by atoms with van der Waals surface area (Å²) in [7, 11) is 0. The second-order valence-electron chi connectivity index (χ2n) is 13.0. The van der Waals surface area contributed by atoms with E-state index in [2.05, 4.69) is 20.9 Å². The zero-order chi connectivity index (χ0) is 36.9. The smallest absolute Gasteiger partial charge is 0.408 e. The van der Waals surface area contributed by atoms with Crippen molar-refractivity contribution in [2.75, 3.05) is 0 Å². The molecule has 1 aliphatic carbocycles. The lowest BCUT2D eigenvalue weighted by Gasteiger charge is -2.39. The second-order valence-corrected chi connectivity index (χ2v) is 14.3. The number of alkyl carbamates (subject to hydrolysis) is 1. The SMILES string of the molecule is CCC(C)[C@H](NC(=O)[C@@]1(NC(=O)[C@H](CCc2ccc(O)cc2)NC(=O)OCc2cccc(F)c2)CCc2[nH]c3c(Cl)cc(Cl)cc3c2C1)C(N)=S. The predicted octanol–water partition coefficient (Wildman–Crippen LogP) is 6.41. The number of nitrogens with one attached hydrogen (secondary N) is 4. The summed E-state index contributed by atoms with van der Waals surface area (Å²) in [6.45, 7) is 3.66. The van der Waals surface area contributed by atoms with Crippen LogP contribution in [0.2, 0.25) is 10.0 Å². The number of nitrogens with two attached hydrogens (primary N) is 1. The van der Waals surface area contributed by atoms with Gasteiger partial charge in [0.05, 0.1) is 21.6 Å². The fourth-order valence-electron chi connectivity index (χ4n) is 6.36. The number of aryl methyl sites for hydroxylation is 2. The van der Waals surface area contributed by atoms with E-state index in [1.807, 2.05) is 13.8 Å². The number of hydrogen-bond donors (Lipinski definition) is 6. The first-order valence-electron chi connectivity index (χ1n) is 16.6. The summed E-state index contributed by atoms with van der Waals surface area (Å²) in [4.78, 5) is 45.3. The predicted molar refractivity (Wildman–Crippen MR) is 199 cm³/mol. The van der Waals surface area contributed by atoms with E-state index in [9.17, 15) is 23.9 Å². The molecule has 4 atom stereocenters. The molecule has 0 radical (unpaired) electrons. The third kappa shape index (κ3) is 9.10. The van der Waals surface area contributed by atoms with Crippen LogP contribution in [0.5, 0.6) is 5.75 Å². The zero-order valence-corrected chi connectivity index (χ0v) is 30.5. The van der Waals surface area contributed by atoms with Gasteiger partial charge in [-0.1, -0.05) is 80.0 Å². The highest BCUT2D eigenvalue weighted by Gasteiger charge is 2.46. The van der Waals surface area contributed by atoms with Crippen molar-refractivity contribution in [2.45, 2.75) is 76.6 Å². The van der Waals surface area contributed by atoms with Crippen molar-refractivity contribution in [3.05, 3.63) is 98.9 Å².